The van der Waals surface area contributed by atoms with E-state index in [1.54, 1.807) is 0 Å². The Morgan fingerprint density at radius 3 is 1.35 bits per heavy atom. The van der Waals surface area contributed by atoms with Crippen molar-refractivity contribution in [3.63, 3.8) is 0 Å². The van der Waals surface area contributed by atoms with Crippen molar-refractivity contribution in [2.24, 2.45) is 0 Å². The van der Waals surface area contributed by atoms with Crippen LogP contribution in [-0.4, -0.2) is 4.57 Å². The van der Waals surface area contributed by atoms with Crippen LogP contribution in [-0.2, 0) is 0 Å². The van der Waals surface area contributed by atoms with E-state index in [1.807, 2.05) is 0 Å². The lowest BCUT2D eigenvalue weighted by atomic mass is 9.93. The van der Waals surface area contributed by atoms with Gasteiger partial charge >= 0.3 is 0 Å². The molecule has 9 aromatic carbocycles. The van der Waals surface area contributed by atoms with E-state index < -0.39 is 0 Å². The summed E-state index contributed by atoms with van der Waals surface area (Å²) < 4.78 is 2.66. The Hall–Kier alpha value is -7.42. The van der Waals surface area contributed by atoms with Crippen LogP contribution in [0.5, 0.6) is 0 Å². The monoisotopic (exact) mass is 796 g/mol. The lowest BCUT2D eigenvalue weighted by Gasteiger charge is -2.27. The summed E-state index contributed by atoms with van der Waals surface area (Å²) in [4.78, 5) is 2.41. The number of para-hydroxylation sites is 1. The molecule has 1 saturated carbocycles. The number of aromatic nitrogens is 1. The normalized spacial score (nSPS) is 13.1. The van der Waals surface area contributed by atoms with Gasteiger partial charge in [0.05, 0.1) is 0 Å². The maximum absolute atomic E-state index is 2.66. The second-order valence-corrected chi connectivity index (χ2v) is 16.8. The summed E-state index contributed by atoms with van der Waals surface area (Å²) >= 11 is 0. The first kappa shape index (κ1) is 37.6. The SMILES string of the molecule is c1ccc(-c2ccc(N(c3ccc(-c4cc(-c5ccccc5)cc(-c5ccccc5)c4)cc3)c3cccc(-c4cccc5c4c4ccccc4n5C4CCCCC4)c3)cc2)cc1. The van der Waals surface area contributed by atoms with Gasteiger partial charge in [-0.2, -0.15) is 0 Å². The molecule has 2 heteroatoms. The van der Waals surface area contributed by atoms with E-state index in [-0.39, 0.29) is 0 Å². The number of anilines is 3. The molecule has 0 radical (unpaired) electrons. The minimum absolute atomic E-state index is 0.538. The Balaban J connectivity index is 1.03. The third-order valence-electron chi connectivity index (χ3n) is 12.9. The molecule has 11 rings (SSSR count). The van der Waals surface area contributed by atoms with Crippen molar-refractivity contribution in [2.45, 2.75) is 38.1 Å². The molecule has 0 spiro atoms. The van der Waals surface area contributed by atoms with Crippen LogP contribution in [0.4, 0.5) is 17.1 Å². The van der Waals surface area contributed by atoms with Crippen LogP contribution in [0.2, 0.25) is 0 Å². The molecule has 0 unspecified atom stereocenters. The zero-order valence-corrected chi connectivity index (χ0v) is 34.9. The topological polar surface area (TPSA) is 8.17 Å². The van der Waals surface area contributed by atoms with Crippen LogP contribution in [0.15, 0.2) is 224 Å². The average Bonchev–Trinajstić information content (AvgIpc) is 3.70. The van der Waals surface area contributed by atoms with Crippen molar-refractivity contribution >= 4 is 38.9 Å². The number of hydrogen-bond donors (Lipinski definition) is 0. The minimum atomic E-state index is 0.538. The molecule has 10 aromatic rings. The Morgan fingerprint density at radius 2 is 0.774 bits per heavy atom. The van der Waals surface area contributed by atoms with Gasteiger partial charge < -0.3 is 9.47 Å². The van der Waals surface area contributed by atoms with Crippen molar-refractivity contribution in [1.82, 2.24) is 4.57 Å². The van der Waals surface area contributed by atoms with Crippen LogP contribution in [0.3, 0.4) is 0 Å². The molecule has 298 valence electrons. The fourth-order valence-corrected chi connectivity index (χ4v) is 9.91. The minimum Gasteiger partial charge on any atom is -0.337 e. The van der Waals surface area contributed by atoms with Gasteiger partial charge in [0, 0.05) is 44.9 Å². The largest absolute Gasteiger partial charge is 0.337 e. The number of rotatable bonds is 9. The fourth-order valence-electron chi connectivity index (χ4n) is 9.91. The van der Waals surface area contributed by atoms with E-state index in [9.17, 15) is 0 Å². The Bertz CT molecular complexity index is 3060. The lowest BCUT2D eigenvalue weighted by Crippen LogP contribution is -2.12. The predicted octanol–water partition coefficient (Wildman–Crippen LogP) is 17.1. The van der Waals surface area contributed by atoms with E-state index in [2.05, 4.69) is 234 Å². The number of fused-ring (bicyclic) bond motifs is 3. The molecule has 0 aliphatic heterocycles. The van der Waals surface area contributed by atoms with Gasteiger partial charge in [-0.1, -0.05) is 177 Å². The zero-order valence-electron chi connectivity index (χ0n) is 34.9. The molecule has 0 amide bonds. The van der Waals surface area contributed by atoms with E-state index in [4.69, 9.17) is 0 Å². The summed E-state index contributed by atoms with van der Waals surface area (Å²) in [6.07, 6.45) is 6.45. The molecule has 0 N–H and O–H groups in total. The molecule has 0 saturated heterocycles. The molecule has 0 atom stereocenters. The lowest BCUT2D eigenvalue weighted by molar-refractivity contribution is 0.367. The summed E-state index contributed by atoms with van der Waals surface area (Å²) in [7, 11) is 0. The summed E-state index contributed by atoms with van der Waals surface area (Å²) in [6, 6.07) is 82.8. The summed E-state index contributed by atoms with van der Waals surface area (Å²) in [5.74, 6) is 0. The highest BCUT2D eigenvalue weighted by Crippen LogP contribution is 2.44. The van der Waals surface area contributed by atoms with Gasteiger partial charge in [0.2, 0.25) is 0 Å². The van der Waals surface area contributed by atoms with Gasteiger partial charge in [-0.3, -0.25) is 0 Å². The fraction of sp³-hybridized carbons (Fsp3) is 0.100. The van der Waals surface area contributed by atoms with Gasteiger partial charge in [-0.05, 0) is 135 Å². The molecular weight excluding hydrogens is 749 g/mol. The molecule has 1 aromatic heterocycles. The molecule has 1 fully saturated rings. The standard InChI is InChI=1S/C60H48N2/c1-5-17-43(18-6-1)46-31-35-53(36-32-46)61(54-37-33-47(34-38-54)51-40-49(44-19-7-2-8-20-44)39-50(41-51)45-21-9-3-10-22-45)55-26-15-23-48(42-55)56-28-16-30-59-60(56)57-27-13-14-29-58(57)62(59)52-24-11-4-12-25-52/h1-3,5-10,13-23,26-42,52H,4,11-12,24-25H2. The smallest absolute Gasteiger partial charge is 0.0500 e. The quantitative estimate of drug-likeness (QED) is 0.141. The van der Waals surface area contributed by atoms with E-state index in [0.717, 1.165) is 17.1 Å². The van der Waals surface area contributed by atoms with Crippen molar-refractivity contribution < 1.29 is 0 Å². The van der Waals surface area contributed by atoms with Crippen molar-refractivity contribution in [2.75, 3.05) is 4.90 Å². The molecule has 1 aliphatic rings. The number of benzene rings is 9. The van der Waals surface area contributed by atoms with Crippen molar-refractivity contribution in [3.05, 3.63) is 224 Å². The summed E-state index contributed by atoms with van der Waals surface area (Å²) in [5, 5.41) is 2.69. The highest BCUT2D eigenvalue weighted by molar-refractivity contribution is 6.15. The number of nitrogens with zero attached hydrogens (tertiary/aromatic N) is 2. The summed E-state index contributed by atoms with van der Waals surface area (Å²) in [5.41, 5.74) is 18.1. The Morgan fingerprint density at radius 1 is 0.323 bits per heavy atom. The first-order valence-electron chi connectivity index (χ1n) is 22.2. The van der Waals surface area contributed by atoms with Crippen LogP contribution in [0.25, 0.3) is 77.4 Å². The van der Waals surface area contributed by atoms with E-state index in [0.29, 0.717) is 6.04 Å². The van der Waals surface area contributed by atoms with Crippen LogP contribution in [0.1, 0.15) is 38.1 Å². The van der Waals surface area contributed by atoms with Crippen LogP contribution >= 0.6 is 0 Å². The maximum Gasteiger partial charge on any atom is 0.0500 e. The molecule has 62 heavy (non-hydrogen) atoms. The van der Waals surface area contributed by atoms with Gasteiger partial charge in [0.25, 0.3) is 0 Å². The molecule has 1 aliphatic carbocycles. The zero-order chi connectivity index (χ0) is 41.2. The number of hydrogen-bond acceptors (Lipinski definition) is 1. The molecule has 2 nitrogen and oxygen atoms in total. The molecular formula is C60H48N2. The molecule has 1 heterocycles. The van der Waals surface area contributed by atoms with Crippen molar-refractivity contribution in [3.8, 4) is 55.6 Å². The third-order valence-corrected chi connectivity index (χ3v) is 12.9. The second kappa shape index (κ2) is 16.6. The van der Waals surface area contributed by atoms with Crippen LogP contribution < -0.4 is 4.90 Å². The third kappa shape index (κ3) is 7.18. The first-order valence-corrected chi connectivity index (χ1v) is 22.2. The highest BCUT2D eigenvalue weighted by Gasteiger charge is 2.23. The summed E-state index contributed by atoms with van der Waals surface area (Å²) in [6.45, 7) is 0. The van der Waals surface area contributed by atoms with Gasteiger partial charge in [0.15, 0.2) is 0 Å². The average molecular weight is 797 g/mol. The Labute approximate surface area is 365 Å². The Kier molecular flexibility index (Phi) is 10.0. The van der Waals surface area contributed by atoms with Gasteiger partial charge in [-0.15, -0.1) is 0 Å². The maximum atomic E-state index is 2.66. The molecule has 0 bridgehead atoms. The second-order valence-electron chi connectivity index (χ2n) is 16.8. The van der Waals surface area contributed by atoms with Gasteiger partial charge in [0.1, 0.15) is 0 Å². The van der Waals surface area contributed by atoms with Crippen molar-refractivity contribution in [1.29, 1.82) is 0 Å². The van der Waals surface area contributed by atoms with Gasteiger partial charge in [-0.25, -0.2) is 0 Å². The van der Waals surface area contributed by atoms with E-state index in [1.165, 1.54) is 110 Å². The highest BCUT2D eigenvalue weighted by atomic mass is 15.1. The predicted molar refractivity (Wildman–Crippen MR) is 263 cm³/mol. The van der Waals surface area contributed by atoms with Crippen LogP contribution in [0, 0.1) is 0 Å². The van der Waals surface area contributed by atoms with E-state index >= 15 is 0 Å². The first-order chi connectivity index (χ1) is 30.7.